The number of carbonyl (C=O) groups is 2. The zero-order chi connectivity index (χ0) is 18.4. The number of rotatable bonds is 6. The van der Waals surface area contributed by atoms with Crippen molar-refractivity contribution in [2.24, 2.45) is 0 Å². The van der Waals surface area contributed by atoms with Crippen molar-refractivity contribution in [3.8, 4) is 11.4 Å². The number of esters is 1. The number of benzene rings is 1. The van der Waals surface area contributed by atoms with Gasteiger partial charge in [0.2, 0.25) is 17.6 Å². The molecule has 1 aliphatic rings. The largest absolute Gasteiger partial charge is 0.466 e. The Morgan fingerprint density at radius 3 is 2.62 bits per heavy atom. The molecule has 0 spiro atoms. The van der Waals surface area contributed by atoms with Gasteiger partial charge in [-0.2, -0.15) is 4.98 Å². The molecule has 1 fully saturated rings. The summed E-state index contributed by atoms with van der Waals surface area (Å²) in [5.74, 6) is 1.05. The van der Waals surface area contributed by atoms with E-state index in [-0.39, 0.29) is 30.6 Å². The van der Waals surface area contributed by atoms with Gasteiger partial charge in [-0.15, -0.1) is 0 Å². The number of aromatic nitrogens is 2. The smallest absolute Gasteiger partial charge is 0.306 e. The molecule has 26 heavy (non-hydrogen) atoms. The van der Waals surface area contributed by atoms with Gasteiger partial charge in [0.1, 0.15) is 0 Å². The molecule has 0 radical (unpaired) electrons. The van der Waals surface area contributed by atoms with Crippen LogP contribution in [-0.4, -0.2) is 46.6 Å². The van der Waals surface area contributed by atoms with Crippen molar-refractivity contribution < 1.29 is 18.8 Å². The molecule has 2 heterocycles. The maximum atomic E-state index is 12.2. The maximum Gasteiger partial charge on any atom is 0.306 e. The summed E-state index contributed by atoms with van der Waals surface area (Å²) in [5, 5.41) is 4.06. The van der Waals surface area contributed by atoms with E-state index in [2.05, 4.69) is 10.1 Å². The van der Waals surface area contributed by atoms with Gasteiger partial charge in [0.25, 0.3) is 0 Å². The minimum atomic E-state index is -0.324. The van der Waals surface area contributed by atoms with Gasteiger partial charge in [-0.05, 0) is 19.8 Å². The van der Waals surface area contributed by atoms with Crippen molar-refractivity contribution in [2.45, 2.75) is 38.5 Å². The zero-order valence-corrected chi connectivity index (χ0v) is 14.9. The van der Waals surface area contributed by atoms with E-state index in [4.69, 9.17) is 9.26 Å². The van der Waals surface area contributed by atoms with Gasteiger partial charge >= 0.3 is 5.97 Å². The van der Waals surface area contributed by atoms with Crippen molar-refractivity contribution in [2.75, 3.05) is 19.7 Å². The monoisotopic (exact) mass is 357 g/mol. The molecule has 0 saturated carbocycles. The highest BCUT2D eigenvalue weighted by Crippen LogP contribution is 2.28. The number of ether oxygens (including phenoxy) is 1. The first-order chi connectivity index (χ1) is 12.7. The lowest BCUT2D eigenvalue weighted by Crippen LogP contribution is -2.38. The third kappa shape index (κ3) is 4.47. The van der Waals surface area contributed by atoms with Crippen LogP contribution in [0, 0.1) is 0 Å². The molecule has 0 atom stereocenters. The topological polar surface area (TPSA) is 85.5 Å². The molecule has 0 aliphatic carbocycles. The molecule has 7 heteroatoms. The van der Waals surface area contributed by atoms with Crippen molar-refractivity contribution in [3.05, 3.63) is 36.2 Å². The van der Waals surface area contributed by atoms with E-state index in [0.29, 0.717) is 31.4 Å². The first kappa shape index (κ1) is 18.1. The first-order valence-corrected chi connectivity index (χ1v) is 8.99. The Hall–Kier alpha value is -2.70. The first-order valence-electron chi connectivity index (χ1n) is 8.99. The Morgan fingerprint density at radius 2 is 1.92 bits per heavy atom. The number of amides is 1. The van der Waals surface area contributed by atoms with Gasteiger partial charge in [0, 0.05) is 31.0 Å². The lowest BCUT2D eigenvalue weighted by atomic mass is 9.96. The highest BCUT2D eigenvalue weighted by molar-refractivity contribution is 5.81. The van der Waals surface area contributed by atoms with Crippen molar-refractivity contribution in [1.82, 2.24) is 15.0 Å². The van der Waals surface area contributed by atoms with Crippen LogP contribution < -0.4 is 0 Å². The van der Waals surface area contributed by atoms with E-state index in [1.807, 2.05) is 30.3 Å². The molecule has 138 valence electrons. The van der Waals surface area contributed by atoms with E-state index >= 15 is 0 Å². The summed E-state index contributed by atoms with van der Waals surface area (Å²) in [6, 6.07) is 9.70. The average molecular weight is 357 g/mol. The van der Waals surface area contributed by atoms with Crippen LogP contribution in [0.4, 0.5) is 0 Å². The van der Waals surface area contributed by atoms with Gasteiger partial charge in [-0.1, -0.05) is 35.5 Å². The highest BCUT2D eigenvalue weighted by atomic mass is 16.5. The number of piperidine rings is 1. The average Bonchev–Trinajstić information content (AvgIpc) is 3.17. The zero-order valence-electron chi connectivity index (χ0n) is 14.9. The third-order valence-corrected chi connectivity index (χ3v) is 4.52. The maximum absolute atomic E-state index is 12.2. The Morgan fingerprint density at radius 1 is 1.19 bits per heavy atom. The fourth-order valence-electron chi connectivity index (χ4n) is 3.08. The summed E-state index contributed by atoms with van der Waals surface area (Å²) in [5.41, 5.74) is 0.925. The lowest BCUT2D eigenvalue weighted by molar-refractivity contribution is -0.145. The second kappa shape index (κ2) is 8.60. The lowest BCUT2D eigenvalue weighted by Gasteiger charge is -2.30. The molecular weight excluding hydrogens is 334 g/mol. The molecule has 1 aliphatic heterocycles. The molecule has 0 unspecified atom stereocenters. The SMILES string of the molecule is CCOC(=O)CCC(=O)N1CCC(c2nc(-c3ccccc3)no2)CC1. The van der Waals surface area contributed by atoms with E-state index in [0.717, 1.165) is 18.4 Å². The van der Waals surface area contributed by atoms with Crippen LogP contribution in [0.25, 0.3) is 11.4 Å². The standard InChI is InChI=1S/C19H23N3O4/c1-2-25-17(24)9-8-16(23)22-12-10-15(11-13-22)19-20-18(21-26-19)14-6-4-3-5-7-14/h3-7,15H,2,8-13H2,1H3. The van der Waals surface area contributed by atoms with Crippen molar-refractivity contribution in [3.63, 3.8) is 0 Å². The van der Waals surface area contributed by atoms with Gasteiger partial charge < -0.3 is 14.2 Å². The van der Waals surface area contributed by atoms with Crippen molar-refractivity contribution >= 4 is 11.9 Å². The molecule has 0 N–H and O–H groups in total. The second-order valence-corrected chi connectivity index (χ2v) is 6.28. The van der Waals surface area contributed by atoms with Crippen LogP contribution in [-0.2, 0) is 14.3 Å². The molecule has 1 amide bonds. The van der Waals surface area contributed by atoms with E-state index in [1.54, 1.807) is 11.8 Å². The molecule has 0 bridgehead atoms. The van der Waals surface area contributed by atoms with E-state index < -0.39 is 0 Å². The summed E-state index contributed by atoms with van der Waals surface area (Å²) in [6.45, 7) is 3.36. The van der Waals surface area contributed by atoms with Crippen molar-refractivity contribution in [1.29, 1.82) is 0 Å². The van der Waals surface area contributed by atoms with Gasteiger partial charge in [0.05, 0.1) is 13.0 Å². The van der Waals surface area contributed by atoms with Crippen LogP contribution in [0.1, 0.15) is 44.4 Å². The normalized spacial score (nSPS) is 15.0. The van der Waals surface area contributed by atoms with E-state index in [1.165, 1.54) is 0 Å². The fraction of sp³-hybridized carbons (Fsp3) is 0.474. The predicted octanol–water partition coefficient (Wildman–Crippen LogP) is 2.79. The molecule has 1 aromatic carbocycles. The quantitative estimate of drug-likeness (QED) is 0.739. The van der Waals surface area contributed by atoms with Crippen LogP contribution in [0.15, 0.2) is 34.9 Å². The van der Waals surface area contributed by atoms with Gasteiger partial charge in [-0.25, -0.2) is 0 Å². The van der Waals surface area contributed by atoms with Gasteiger partial charge in [-0.3, -0.25) is 9.59 Å². The number of carbonyl (C=O) groups excluding carboxylic acids is 2. The molecule has 1 saturated heterocycles. The Bertz CT molecular complexity index is 736. The minimum Gasteiger partial charge on any atom is -0.466 e. The van der Waals surface area contributed by atoms with Crippen LogP contribution in [0.2, 0.25) is 0 Å². The van der Waals surface area contributed by atoms with E-state index in [9.17, 15) is 9.59 Å². The Kier molecular flexibility index (Phi) is 5.99. The summed E-state index contributed by atoms with van der Waals surface area (Å²) in [7, 11) is 0. The Labute approximate surface area is 152 Å². The third-order valence-electron chi connectivity index (χ3n) is 4.52. The highest BCUT2D eigenvalue weighted by Gasteiger charge is 2.27. The summed E-state index contributed by atoms with van der Waals surface area (Å²) in [6.07, 6.45) is 1.89. The van der Waals surface area contributed by atoms with Crippen LogP contribution >= 0.6 is 0 Å². The molecule has 3 rings (SSSR count). The van der Waals surface area contributed by atoms with Crippen LogP contribution in [0.5, 0.6) is 0 Å². The summed E-state index contributed by atoms with van der Waals surface area (Å²) >= 11 is 0. The molecule has 1 aromatic heterocycles. The molecule has 2 aromatic rings. The number of nitrogens with zero attached hydrogens (tertiary/aromatic N) is 3. The molecular formula is C19H23N3O4. The van der Waals surface area contributed by atoms with Gasteiger partial charge in [0.15, 0.2) is 0 Å². The van der Waals surface area contributed by atoms with Crippen LogP contribution in [0.3, 0.4) is 0 Å². The molecule has 7 nitrogen and oxygen atoms in total. The predicted molar refractivity (Wildman–Crippen MR) is 94.2 cm³/mol. The number of hydrogen-bond donors (Lipinski definition) is 0. The summed E-state index contributed by atoms with van der Waals surface area (Å²) < 4.78 is 10.3. The fourth-order valence-corrected chi connectivity index (χ4v) is 3.08. The second-order valence-electron chi connectivity index (χ2n) is 6.28. The number of likely N-dealkylation sites (tertiary alicyclic amines) is 1. The minimum absolute atomic E-state index is 0.00740. The number of hydrogen-bond acceptors (Lipinski definition) is 6. The summed E-state index contributed by atoms with van der Waals surface area (Å²) in [4.78, 5) is 29.9. The Balaban J connectivity index is 1.50.